The molecule has 0 aliphatic heterocycles. The molecule has 0 saturated carbocycles. The highest BCUT2D eigenvalue weighted by Crippen LogP contribution is 2.20. The third-order valence-corrected chi connectivity index (χ3v) is 3.76. The number of amides is 1. The summed E-state index contributed by atoms with van der Waals surface area (Å²) in [7, 11) is 0. The van der Waals surface area contributed by atoms with Crippen LogP contribution >= 0.6 is 23.8 Å². The fourth-order valence-corrected chi connectivity index (χ4v) is 2.39. The summed E-state index contributed by atoms with van der Waals surface area (Å²) in [6, 6.07) is 9.01. The molecule has 0 spiro atoms. The summed E-state index contributed by atoms with van der Waals surface area (Å²) in [4.78, 5) is 19.4. The van der Waals surface area contributed by atoms with Gasteiger partial charge in [-0.2, -0.15) is 0 Å². The van der Waals surface area contributed by atoms with E-state index < -0.39 is 0 Å². The van der Waals surface area contributed by atoms with Gasteiger partial charge in [0, 0.05) is 28.2 Å². The number of aryl methyl sites for hydroxylation is 1. The molecule has 0 atom stereocenters. The first-order valence-corrected chi connectivity index (χ1v) is 8.19. The van der Waals surface area contributed by atoms with Crippen LogP contribution in [-0.4, -0.2) is 15.9 Å². The summed E-state index contributed by atoms with van der Waals surface area (Å²) in [5.74, 6) is -0.0549. The molecule has 0 aliphatic carbocycles. The third-order valence-electron chi connectivity index (χ3n) is 3.32. The number of rotatable bonds is 4. The Labute approximate surface area is 146 Å². The Morgan fingerprint density at radius 2 is 1.96 bits per heavy atom. The van der Waals surface area contributed by atoms with Gasteiger partial charge in [-0.3, -0.25) is 4.79 Å². The van der Waals surface area contributed by atoms with Crippen LogP contribution in [0.25, 0.3) is 0 Å². The number of halogens is 1. The number of hydrogen-bond donors (Lipinski definition) is 2. The highest BCUT2D eigenvalue weighted by Gasteiger charge is 2.16. The van der Waals surface area contributed by atoms with Crippen molar-refractivity contribution in [1.29, 1.82) is 0 Å². The van der Waals surface area contributed by atoms with Gasteiger partial charge in [0.15, 0.2) is 4.77 Å². The second-order valence-corrected chi connectivity index (χ2v) is 7.22. The molecule has 23 heavy (non-hydrogen) atoms. The number of carbonyl (C=O) groups excluding carboxylic acids is 1. The smallest absolute Gasteiger partial charge is 0.224 e. The lowest BCUT2D eigenvalue weighted by atomic mass is 9.91. The lowest BCUT2D eigenvalue weighted by molar-refractivity contribution is -0.116. The van der Waals surface area contributed by atoms with Crippen LogP contribution in [0, 0.1) is 4.77 Å². The Morgan fingerprint density at radius 1 is 1.30 bits per heavy atom. The first-order chi connectivity index (χ1) is 10.7. The van der Waals surface area contributed by atoms with E-state index in [1.807, 2.05) is 6.07 Å². The van der Waals surface area contributed by atoms with Gasteiger partial charge in [0.25, 0.3) is 0 Å². The second kappa shape index (κ2) is 7.23. The van der Waals surface area contributed by atoms with E-state index >= 15 is 0 Å². The Kier molecular flexibility index (Phi) is 5.55. The summed E-state index contributed by atoms with van der Waals surface area (Å²) < 4.78 is 0.450. The van der Waals surface area contributed by atoms with Crippen molar-refractivity contribution in [1.82, 2.24) is 9.97 Å². The van der Waals surface area contributed by atoms with Gasteiger partial charge >= 0.3 is 0 Å². The van der Waals surface area contributed by atoms with Gasteiger partial charge in [0.05, 0.1) is 5.69 Å². The van der Waals surface area contributed by atoms with Crippen LogP contribution in [0.2, 0.25) is 5.02 Å². The molecule has 122 valence electrons. The number of carbonyl (C=O) groups is 1. The van der Waals surface area contributed by atoms with Crippen LogP contribution < -0.4 is 5.32 Å². The van der Waals surface area contributed by atoms with E-state index in [0.717, 1.165) is 17.1 Å². The monoisotopic (exact) mass is 349 g/mol. The molecule has 0 saturated heterocycles. The molecule has 0 bridgehead atoms. The summed E-state index contributed by atoms with van der Waals surface area (Å²) in [6.07, 6.45) is 0.941. The number of benzene rings is 1. The zero-order valence-corrected chi connectivity index (χ0v) is 15.0. The maximum atomic E-state index is 12.0. The zero-order valence-electron chi connectivity index (χ0n) is 13.4. The van der Waals surface area contributed by atoms with Crippen molar-refractivity contribution in [2.24, 2.45) is 0 Å². The predicted molar refractivity (Wildman–Crippen MR) is 96.5 cm³/mol. The standard InChI is InChI=1S/C17H20ClN3OS/c1-17(2,3)14-10-13(20-16(23)21-14)8-9-15(22)19-12-6-4-11(18)5-7-12/h4-7,10H,8-9H2,1-3H3,(H,19,22)(H,20,21,23). The Morgan fingerprint density at radius 3 is 2.57 bits per heavy atom. The lowest BCUT2D eigenvalue weighted by Crippen LogP contribution is -2.16. The fourth-order valence-electron chi connectivity index (χ4n) is 2.03. The first kappa shape index (κ1) is 17.6. The number of H-pyrrole nitrogens is 1. The highest BCUT2D eigenvalue weighted by atomic mass is 35.5. The zero-order chi connectivity index (χ0) is 17.0. The molecule has 6 heteroatoms. The normalized spacial score (nSPS) is 11.3. The molecule has 1 aromatic carbocycles. The number of hydrogen-bond acceptors (Lipinski definition) is 3. The Balaban J connectivity index is 2.00. The van der Waals surface area contributed by atoms with Crippen molar-refractivity contribution < 1.29 is 4.79 Å². The number of aromatic amines is 1. The molecule has 2 aromatic rings. The van der Waals surface area contributed by atoms with E-state index in [-0.39, 0.29) is 11.3 Å². The summed E-state index contributed by atoms with van der Waals surface area (Å²) in [6.45, 7) is 6.25. The Bertz CT molecular complexity index is 748. The Hall–Kier alpha value is -1.72. The van der Waals surface area contributed by atoms with Crippen molar-refractivity contribution >= 4 is 35.4 Å². The molecule has 4 nitrogen and oxygen atoms in total. The van der Waals surface area contributed by atoms with Crippen molar-refractivity contribution in [3.8, 4) is 0 Å². The van der Waals surface area contributed by atoms with Crippen LogP contribution in [0.3, 0.4) is 0 Å². The van der Waals surface area contributed by atoms with Crippen molar-refractivity contribution in [2.45, 2.75) is 39.0 Å². The SMILES string of the molecule is CC(C)(C)c1cc(CCC(=O)Nc2ccc(Cl)cc2)[nH]c(=S)n1. The molecule has 1 amide bonds. The van der Waals surface area contributed by atoms with Crippen molar-refractivity contribution in [2.75, 3.05) is 5.32 Å². The van der Waals surface area contributed by atoms with Crippen LogP contribution in [-0.2, 0) is 16.6 Å². The van der Waals surface area contributed by atoms with Gasteiger partial charge in [-0.1, -0.05) is 32.4 Å². The molecule has 2 N–H and O–H groups in total. The van der Waals surface area contributed by atoms with Gasteiger partial charge in [0.2, 0.25) is 5.91 Å². The average Bonchev–Trinajstić information content (AvgIpc) is 2.46. The van der Waals surface area contributed by atoms with E-state index in [1.54, 1.807) is 24.3 Å². The van der Waals surface area contributed by atoms with Gasteiger partial charge in [-0.15, -0.1) is 0 Å². The van der Waals surface area contributed by atoms with Crippen LogP contribution in [0.1, 0.15) is 38.6 Å². The summed E-state index contributed by atoms with van der Waals surface area (Å²) in [5, 5.41) is 3.49. The van der Waals surface area contributed by atoms with E-state index in [0.29, 0.717) is 22.6 Å². The minimum atomic E-state index is -0.0804. The predicted octanol–water partition coefficient (Wildman–Crippen LogP) is 4.66. The number of nitrogens with zero attached hydrogens (tertiary/aromatic N) is 1. The maximum absolute atomic E-state index is 12.0. The van der Waals surface area contributed by atoms with Gasteiger partial charge in [-0.05, 0) is 49.0 Å². The molecule has 1 aromatic heterocycles. The second-order valence-electron chi connectivity index (χ2n) is 6.40. The largest absolute Gasteiger partial charge is 0.334 e. The van der Waals surface area contributed by atoms with Crippen molar-refractivity contribution in [3.05, 3.63) is 51.5 Å². The molecule has 2 rings (SSSR count). The van der Waals surface area contributed by atoms with E-state index in [4.69, 9.17) is 23.8 Å². The minimum absolute atomic E-state index is 0.0549. The minimum Gasteiger partial charge on any atom is -0.334 e. The topological polar surface area (TPSA) is 57.8 Å². The summed E-state index contributed by atoms with van der Waals surface area (Å²) >= 11 is 11.0. The van der Waals surface area contributed by atoms with Crippen molar-refractivity contribution in [3.63, 3.8) is 0 Å². The third kappa shape index (κ3) is 5.44. The fraction of sp³-hybridized carbons (Fsp3) is 0.353. The number of aromatic nitrogens is 2. The van der Waals surface area contributed by atoms with Crippen LogP contribution in [0.4, 0.5) is 5.69 Å². The first-order valence-electron chi connectivity index (χ1n) is 7.40. The van der Waals surface area contributed by atoms with Gasteiger partial charge in [-0.25, -0.2) is 4.98 Å². The average molecular weight is 350 g/mol. The van der Waals surface area contributed by atoms with Gasteiger partial charge in [0.1, 0.15) is 0 Å². The highest BCUT2D eigenvalue weighted by molar-refractivity contribution is 7.71. The molecule has 0 aliphatic rings. The molecule has 0 fully saturated rings. The number of nitrogens with one attached hydrogen (secondary N) is 2. The van der Waals surface area contributed by atoms with E-state index in [1.165, 1.54) is 0 Å². The van der Waals surface area contributed by atoms with Crippen LogP contribution in [0.5, 0.6) is 0 Å². The molecule has 1 heterocycles. The number of anilines is 1. The molecular weight excluding hydrogens is 330 g/mol. The molecular formula is C17H20ClN3OS. The molecule has 0 radical (unpaired) electrons. The quantitative estimate of drug-likeness (QED) is 0.789. The van der Waals surface area contributed by atoms with E-state index in [2.05, 4.69) is 36.1 Å². The van der Waals surface area contributed by atoms with E-state index in [9.17, 15) is 4.79 Å². The maximum Gasteiger partial charge on any atom is 0.224 e. The van der Waals surface area contributed by atoms with Gasteiger partial charge < -0.3 is 10.3 Å². The van der Waals surface area contributed by atoms with Crippen LogP contribution in [0.15, 0.2) is 30.3 Å². The lowest BCUT2D eigenvalue weighted by Gasteiger charge is -2.18. The summed E-state index contributed by atoms with van der Waals surface area (Å²) in [5.41, 5.74) is 2.50. The molecule has 0 unspecified atom stereocenters.